The molecule has 2 rings (SSSR count). The topological polar surface area (TPSA) is 61.4 Å². The molecular formula is C19H27N3O2. The van der Waals surface area contributed by atoms with Gasteiger partial charge >= 0.3 is 0 Å². The van der Waals surface area contributed by atoms with E-state index in [9.17, 15) is 9.59 Å². The molecule has 0 aromatic heterocycles. The molecule has 1 aliphatic rings. The minimum atomic E-state index is -0.0987. The van der Waals surface area contributed by atoms with E-state index in [4.69, 9.17) is 0 Å². The van der Waals surface area contributed by atoms with Gasteiger partial charge < -0.3 is 15.5 Å². The standard InChI is InChI=1S/C19H27N3O2/c1-14(2)10-18(23)20-11-15-4-6-17(7-5-15)19(24)21-12-16-8-9-22(3)13-16/h4-7,10,16H,8-9,11-13H2,1-3H3,(H,20,23)(H,21,24). The zero-order chi connectivity index (χ0) is 17.5. The fraction of sp³-hybridized carbons (Fsp3) is 0.474. The van der Waals surface area contributed by atoms with Gasteiger partial charge in [-0.1, -0.05) is 17.7 Å². The molecule has 1 heterocycles. The molecule has 1 fully saturated rings. The maximum Gasteiger partial charge on any atom is 0.251 e. The van der Waals surface area contributed by atoms with E-state index in [0.29, 0.717) is 18.0 Å². The highest BCUT2D eigenvalue weighted by Crippen LogP contribution is 2.13. The van der Waals surface area contributed by atoms with Crippen molar-refractivity contribution in [3.05, 3.63) is 47.0 Å². The van der Waals surface area contributed by atoms with E-state index in [1.807, 2.05) is 26.0 Å². The summed E-state index contributed by atoms with van der Waals surface area (Å²) in [7, 11) is 2.11. The molecule has 0 radical (unpaired) electrons. The number of carbonyl (C=O) groups is 2. The van der Waals surface area contributed by atoms with E-state index in [2.05, 4.69) is 22.6 Å². The maximum atomic E-state index is 12.2. The van der Waals surface area contributed by atoms with Gasteiger partial charge in [0.05, 0.1) is 0 Å². The quantitative estimate of drug-likeness (QED) is 0.784. The highest BCUT2D eigenvalue weighted by Gasteiger charge is 2.19. The Bertz CT molecular complexity index is 604. The normalized spacial score (nSPS) is 17.4. The number of nitrogens with one attached hydrogen (secondary N) is 2. The minimum Gasteiger partial charge on any atom is -0.352 e. The summed E-state index contributed by atoms with van der Waals surface area (Å²) in [6.45, 7) is 7.11. The third-order valence-corrected chi connectivity index (χ3v) is 4.14. The van der Waals surface area contributed by atoms with Gasteiger partial charge in [0.25, 0.3) is 5.91 Å². The van der Waals surface area contributed by atoms with Crippen LogP contribution in [0.5, 0.6) is 0 Å². The fourth-order valence-corrected chi connectivity index (χ4v) is 2.81. The molecule has 1 atom stereocenters. The monoisotopic (exact) mass is 329 g/mol. The molecule has 1 saturated heterocycles. The van der Waals surface area contributed by atoms with E-state index >= 15 is 0 Å². The highest BCUT2D eigenvalue weighted by molar-refractivity contribution is 5.94. The lowest BCUT2D eigenvalue weighted by atomic mass is 10.1. The number of nitrogens with zero attached hydrogens (tertiary/aromatic N) is 1. The molecule has 1 aromatic rings. The van der Waals surface area contributed by atoms with E-state index in [0.717, 1.165) is 37.2 Å². The van der Waals surface area contributed by atoms with E-state index in [-0.39, 0.29) is 11.8 Å². The number of rotatable bonds is 6. The molecule has 5 heteroatoms. The number of likely N-dealkylation sites (tertiary alicyclic amines) is 1. The van der Waals surface area contributed by atoms with Gasteiger partial charge in [-0.3, -0.25) is 9.59 Å². The Morgan fingerprint density at radius 2 is 1.92 bits per heavy atom. The first-order chi connectivity index (χ1) is 11.4. The molecule has 0 aliphatic carbocycles. The van der Waals surface area contributed by atoms with Crippen molar-refractivity contribution in [3.63, 3.8) is 0 Å². The number of hydrogen-bond acceptors (Lipinski definition) is 3. The van der Waals surface area contributed by atoms with E-state index in [1.54, 1.807) is 18.2 Å². The Balaban J connectivity index is 1.79. The van der Waals surface area contributed by atoms with Crippen LogP contribution in [0.15, 0.2) is 35.9 Å². The van der Waals surface area contributed by atoms with Crippen LogP contribution in [-0.4, -0.2) is 43.4 Å². The largest absolute Gasteiger partial charge is 0.352 e. The van der Waals surface area contributed by atoms with Crippen molar-refractivity contribution in [1.82, 2.24) is 15.5 Å². The summed E-state index contributed by atoms with van der Waals surface area (Å²) in [5.74, 6) is 0.409. The number of allylic oxidation sites excluding steroid dienone is 1. The Hall–Kier alpha value is -2.14. The van der Waals surface area contributed by atoms with Crippen LogP contribution in [0.4, 0.5) is 0 Å². The van der Waals surface area contributed by atoms with Crippen LogP contribution in [0.1, 0.15) is 36.2 Å². The first-order valence-corrected chi connectivity index (χ1v) is 8.42. The Morgan fingerprint density at radius 3 is 2.50 bits per heavy atom. The van der Waals surface area contributed by atoms with Gasteiger partial charge in [0, 0.05) is 31.3 Å². The SMILES string of the molecule is CC(C)=CC(=O)NCc1ccc(C(=O)NCC2CCN(C)C2)cc1. The molecule has 0 saturated carbocycles. The number of carbonyl (C=O) groups excluding carboxylic acids is 2. The molecule has 1 unspecified atom stereocenters. The van der Waals surface area contributed by atoms with Gasteiger partial charge in [0.1, 0.15) is 0 Å². The van der Waals surface area contributed by atoms with Crippen molar-refractivity contribution < 1.29 is 9.59 Å². The molecule has 2 amide bonds. The fourth-order valence-electron chi connectivity index (χ4n) is 2.81. The van der Waals surface area contributed by atoms with Gasteiger partial charge in [-0.25, -0.2) is 0 Å². The lowest BCUT2D eigenvalue weighted by Gasteiger charge is -2.12. The number of benzene rings is 1. The third-order valence-electron chi connectivity index (χ3n) is 4.14. The van der Waals surface area contributed by atoms with Crippen molar-refractivity contribution in [2.45, 2.75) is 26.8 Å². The van der Waals surface area contributed by atoms with Crippen LogP contribution < -0.4 is 10.6 Å². The Kier molecular flexibility index (Phi) is 6.55. The third kappa shape index (κ3) is 5.81. The second kappa shape index (κ2) is 8.64. The summed E-state index contributed by atoms with van der Waals surface area (Å²) in [4.78, 5) is 26.0. The maximum absolute atomic E-state index is 12.2. The number of hydrogen-bond donors (Lipinski definition) is 2. The van der Waals surface area contributed by atoms with Gasteiger partial charge in [-0.05, 0) is 57.5 Å². The zero-order valence-electron chi connectivity index (χ0n) is 14.8. The summed E-state index contributed by atoms with van der Waals surface area (Å²) in [6.07, 6.45) is 2.71. The summed E-state index contributed by atoms with van der Waals surface area (Å²) < 4.78 is 0. The second-order valence-electron chi connectivity index (χ2n) is 6.76. The molecule has 0 spiro atoms. The average molecular weight is 329 g/mol. The van der Waals surface area contributed by atoms with E-state index < -0.39 is 0 Å². The Labute approximate surface area is 144 Å². The summed E-state index contributed by atoms with van der Waals surface area (Å²) in [6, 6.07) is 7.36. The Morgan fingerprint density at radius 1 is 1.21 bits per heavy atom. The summed E-state index contributed by atoms with van der Waals surface area (Å²) >= 11 is 0. The van der Waals surface area contributed by atoms with Crippen LogP contribution in [0.25, 0.3) is 0 Å². The molecule has 5 nitrogen and oxygen atoms in total. The summed E-state index contributed by atoms with van der Waals surface area (Å²) in [5.41, 5.74) is 2.59. The predicted molar refractivity (Wildman–Crippen MR) is 95.7 cm³/mol. The first-order valence-electron chi connectivity index (χ1n) is 8.42. The van der Waals surface area contributed by atoms with Crippen molar-refractivity contribution in [1.29, 1.82) is 0 Å². The van der Waals surface area contributed by atoms with Crippen molar-refractivity contribution in [3.8, 4) is 0 Å². The van der Waals surface area contributed by atoms with Gasteiger partial charge in [0.15, 0.2) is 0 Å². The molecule has 24 heavy (non-hydrogen) atoms. The van der Waals surface area contributed by atoms with Gasteiger partial charge in [0.2, 0.25) is 5.91 Å². The van der Waals surface area contributed by atoms with E-state index in [1.165, 1.54) is 0 Å². The smallest absolute Gasteiger partial charge is 0.251 e. The summed E-state index contributed by atoms with van der Waals surface area (Å²) in [5, 5.41) is 5.83. The van der Waals surface area contributed by atoms with Crippen LogP contribution in [0.2, 0.25) is 0 Å². The lowest BCUT2D eigenvalue weighted by molar-refractivity contribution is -0.116. The first kappa shape index (κ1) is 18.2. The predicted octanol–water partition coefficient (Wildman–Crippen LogP) is 1.95. The van der Waals surface area contributed by atoms with Crippen LogP contribution in [0, 0.1) is 5.92 Å². The molecular weight excluding hydrogens is 302 g/mol. The molecule has 130 valence electrons. The van der Waals surface area contributed by atoms with Crippen LogP contribution in [0.3, 0.4) is 0 Å². The molecule has 1 aliphatic heterocycles. The van der Waals surface area contributed by atoms with Crippen molar-refractivity contribution in [2.75, 3.05) is 26.7 Å². The molecule has 0 bridgehead atoms. The van der Waals surface area contributed by atoms with Crippen LogP contribution >= 0.6 is 0 Å². The zero-order valence-corrected chi connectivity index (χ0v) is 14.8. The second-order valence-corrected chi connectivity index (χ2v) is 6.76. The van der Waals surface area contributed by atoms with Crippen molar-refractivity contribution >= 4 is 11.8 Å². The number of amides is 2. The van der Waals surface area contributed by atoms with Crippen molar-refractivity contribution in [2.24, 2.45) is 5.92 Å². The average Bonchev–Trinajstić information content (AvgIpc) is 2.96. The highest BCUT2D eigenvalue weighted by atomic mass is 16.2. The molecule has 1 aromatic carbocycles. The van der Waals surface area contributed by atoms with Gasteiger partial charge in [-0.2, -0.15) is 0 Å². The molecule has 2 N–H and O–H groups in total. The van der Waals surface area contributed by atoms with Gasteiger partial charge in [-0.15, -0.1) is 0 Å². The van der Waals surface area contributed by atoms with Crippen LogP contribution in [-0.2, 0) is 11.3 Å². The lowest BCUT2D eigenvalue weighted by Crippen LogP contribution is -2.30. The minimum absolute atomic E-state index is 0.0373.